The van der Waals surface area contributed by atoms with Gasteiger partial charge in [-0.05, 0) is 50.6 Å². The van der Waals surface area contributed by atoms with Crippen LogP contribution in [0.15, 0.2) is 48.9 Å². The number of carbonyl (C=O) groups is 1. The second-order valence-electron chi connectivity index (χ2n) is 7.91. The molecule has 0 aliphatic heterocycles. The summed E-state index contributed by atoms with van der Waals surface area (Å²) in [5.41, 5.74) is 3.66. The topological polar surface area (TPSA) is 91.5 Å². The van der Waals surface area contributed by atoms with Crippen LogP contribution in [0, 0.1) is 6.92 Å². The van der Waals surface area contributed by atoms with Gasteiger partial charge in [0.05, 0.1) is 46.3 Å². The minimum Gasteiger partial charge on any atom is -0.390 e. The molecule has 154 valence electrons. The lowest BCUT2D eigenvalue weighted by Gasteiger charge is -2.17. The maximum absolute atomic E-state index is 12.2. The summed E-state index contributed by atoms with van der Waals surface area (Å²) < 4.78 is 1.91. The smallest absolute Gasteiger partial charge is 0.227 e. The predicted molar refractivity (Wildman–Crippen MR) is 120 cm³/mol. The van der Waals surface area contributed by atoms with Crippen molar-refractivity contribution in [3.05, 3.63) is 59.5 Å². The van der Waals surface area contributed by atoms with E-state index in [0.717, 1.165) is 27.8 Å². The number of aromatic nitrogens is 3. The Labute approximate surface area is 178 Å². The van der Waals surface area contributed by atoms with Gasteiger partial charge in [0, 0.05) is 5.69 Å². The van der Waals surface area contributed by atoms with Crippen molar-refractivity contribution in [1.82, 2.24) is 14.4 Å². The number of anilines is 3. The Balaban J connectivity index is 1.73. The zero-order valence-corrected chi connectivity index (χ0v) is 17.7. The summed E-state index contributed by atoms with van der Waals surface area (Å²) >= 11 is 6.37. The minimum atomic E-state index is -1.07. The summed E-state index contributed by atoms with van der Waals surface area (Å²) in [7, 11) is 0. The summed E-state index contributed by atoms with van der Waals surface area (Å²) in [5, 5.41) is 16.6. The van der Waals surface area contributed by atoms with Crippen LogP contribution in [0.3, 0.4) is 0 Å². The van der Waals surface area contributed by atoms with Crippen LogP contribution in [-0.4, -0.2) is 31.0 Å². The number of hydrogen-bond donors (Lipinski definition) is 3. The van der Waals surface area contributed by atoms with Gasteiger partial charge in [-0.25, -0.2) is 9.97 Å². The van der Waals surface area contributed by atoms with Crippen LogP contribution in [0.5, 0.6) is 0 Å². The highest BCUT2D eigenvalue weighted by Crippen LogP contribution is 2.31. The number of nitrogens with zero attached hydrogens (tertiary/aromatic N) is 3. The molecule has 0 unspecified atom stereocenters. The molecule has 0 spiro atoms. The predicted octanol–water partition coefficient (Wildman–Crippen LogP) is 4.69. The fourth-order valence-corrected chi connectivity index (χ4v) is 3.60. The maximum Gasteiger partial charge on any atom is 0.227 e. The lowest BCUT2D eigenvalue weighted by atomic mass is 10.1. The Morgan fingerprint density at radius 1 is 1.23 bits per heavy atom. The number of amides is 1. The highest BCUT2D eigenvalue weighted by Gasteiger charge is 2.18. The Hall–Kier alpha value is -3.16. The molecular weight excluding hydrogens is 402 g/mol. The summed E-state index contributed by atoms with van der Waals surface area (Å²) in [5.74, 6) is 0.374. The van der Waals surface area contributed by atoms with Gasteiger partial charge in [-0.3, -0.25) is 9.20 Å². The van der Waals surface area contributed by atoms with Gasteiger partial charge < -0.3 is 15.7 Å². The molecule has 2 aromatic heterocycles. The Morgan fingerprint density at radius 3 is 2.77 bits per heavy atom. The van der Waals surface area contributed by atoms with Crippen molar-refractivity contribution < 1.29 is 9.90 Å². The van der Waals surface area contributed by atoms with Gasteiger partial charge in [-0.2, -0.15) is 0 Å². The molecule has 0 aliphatic carbocycles. The van der Waals surface area contributed by atoms with Gasteiger partial charge in [0.2, 0.25) is 5.91 Å². The van der Waals surface area contributed by atoms with Crippen molar-refractivity contribution >= 4 is 51.3 Å². The summed E-state index contributed by atoms with van der Waals surface area (Å²) in [4.78, 5) is 21.2. The summed E-state index contributed by atoms with van der Waals surface area (Å²) in [6.07, 6.45) is 3.43. The summed E-state index contributed by atoms with van der Waals surface area (Å²) in [6, 6.07) is 11.2. The van der Waals surface area contributed by atoms with Crippen LogP contribution >= 0.6 is 11.6 Å². The molecule has 0 radical (unpaired) electrons. The zero-order valence-electron chi connectivity index (χ0n) is 16.9. The van der Waals surface area contributed by atoms with E-state index in [4.69, 9.17) is 16.6 Å². The van der Waals surface area contributed by atoms with E-state index >= 15 is 0 Å². The maximum atomic E-state index is 12.2. The van der Waals surface area contributed by atoms with Crippen LogP contribution in [-0.2, 0) is 4.79 Å². The van der Waals surface area contributed by atoms with Gasteiger partial charge in [0.15, 0.2) is 5.82 Å². The molecule has 2 heterocycles. The largest absolute Gasteiger partial charge is 0.390 e. The average molecular weight is 424 g/mol. The van der Waals surface area contributed by atoms with Gasteiger partial charge in [-0.15, -0.1) is 0 Å². The fourth-order valence-electron chi connectivity index (χ4n) is 3.33. The standard InChI is InChI=1S/C22H22ClN5O2/c1-13-5-4-6-15(23)20(13)27-21-18-11-24-12-28(18)17-9-14(7-8-16(17)26-21)25-19(29)10-22(2,3)30/h4-9,11-12,30H,10H2,1-3H3,(H,25,29)(H,26,27). The molecule has 0 atom stereocenters. The fraction of sp³-hybridized carbons (Fsp3) is 0.227. The molecule has 0 saturated heterocycles. The number of rotatable bonds is 5. The molecular formula is C22H22ClN5O2. The van der Waals surface area contributed by atoms with E-state index in [1.807, 2.05) is 41.7 Å². The molecule has 30 heavy (non-hydrogen) atoms. The molecule has 4 rings (SSSR count). The van der Waals surface area contributed by atoms with Crippen molar-refractivity contribution in [1.29, 1.82) is 0 Å². The molecule has 2 aromatic carbocycles. The number of para-hydroxylation sites is 1. The Kier molecular flexibility index (Phi) is 5.09. The van der Waals surface area contributed by atoms with Crippen LogP contribution in [0.4, 0.5) is 17.2 Å². The normalized spacial score (nSPS) is 11.8. The Bertz CT molecular complexity index is 1240. The molecule has 7 nitrogen and oxygen atoms in total. The van der Waals surface area contributed by atoms with E-state index in [0.29, 0.717) is 16.5 Å². The first-order chi connectivity index (χ1) is 14.2. The quantitative estimate of drug-likeness (QED) is 0.433. The first-order valence-electron chi connectivity index (χ1n) is 9.51. The van der Waals surface area contributed by atoms with Gasteiger partial charge in [0.1, 0.15) is 5.52 Å². The van der Waals surface area contributed by atoms with E-state index in [2.05, 4.69) is 15.6 Å². The highest BCUT2D eigenvalue weighted by molar-refractivity contribution is 6.33. The van der Waals surface area contributed by atoms with Gasteiger partial charge in [0.25, 0.3) is 0 Å². The molecule has 3 N–H and O–H groups in total. The Morgan fingerprint density at radius 2 is 2.03 bits per heavy atom. The van der Waals surface area contributed by atoms with Crippen molar-refractivity contribution in [2.75, 3.05) is 10.6 Å². The molecule has 0 aliphatic rings. The third kappa shape index (κ3) is 4.08. The van der Waals surface area contributed by atoms with Crippen LogP contribution < -0.4 is 10.6 Å². The first-order valence-corrected chi connectivity index (χ1v) is 9.89. The molecule has 8 heteroatoms. The SMILES string of the molecule is Cc1cccc(Cl)c1Nc1nc2ccc(NC(=O)CC(C)(C)O)cc2n2cncc12. The third-order valence-corrected chi connectivity index (χ3v) is 5.01. The summed E-state index contributed by atoms with van der Waals surface area (Å²) in [6.45, 7) is 5.17. The molecule has 0 bridgehead atoms. The molecule has 4 aromatic rings. The molecule has 0 saturated carbocycles. The molecule has 1 amide bonds. The van der Waals surface area contributed by atoms with Crippen molar-refractivity contribution in [2.24, 2.45) is 0 Å². The average Bonchev–Trinajstić information content (AvgIpc) is 3.14. The van der Waals surface area contributed by atoms with Crippen LogP contribution in [0.25, 0.3) is 16.6 Å². The van der Waals surface area contributed by atoms with E-state index in [9.17, 15) is 9.90 Å². The van der Waals surface area contributed by atoms with Crippen LogP contribution in [0.2, 0.25) is 5.02 Å². The zero-order chi connectivity index (χ0) is 21.5. The van der Waals surface area contributed by atoms with Crippen molar-refractivity contribution in [3.8, 4) is 0 Å². The number of benzene rings is 2. The van der Waals surface area contributed by atoms with E-state index < -0.39 is 5.60 Å². The second-order valence-corrected chi connectivity index (χ2v) is 8.31. The number of aryl methyl sites for hydroxylation is 1. The highest BCUT2D eigenvalue weighted by atomic mass is 35.5. The molecule has 0 fully saturated rings. The van der Waals surface area contributed by atoms with Crippen molar-refractivity contribution in [2.45, 2.75) is 32.8 Å². The number of imidazole rings is 1. The third-order valence-electron chi connectivity index (χ3n) is 4.69. The van der Waals surface area contributed by atoms with E-state index in [-0.39, 0.29) is 12.3 Å². The minimum absolute atomic E-state index is 0.00379. The van der Waals surface area contributed by atoms with E-state index in [1.165, 1.54) is 0 Å². The number of fused-ring (bicyclic) bond motifs is 3. The lowest BCUT2D eigenvalue weighted by molar-refractivity contribution is -0.119. The van der Waals surface area contributed by atoms with Gasteiger partial charge in [-0.1, -0.05) is 23.7 Å². The number of aliphatic hydroxyl groups is 1. The number of nitrogens with one attached hydrogen (secondary N) is 2. The van der Waals surface area contributed by atoms with Crippen LogP contribution in [0.1, 0.15) is 25.8 Å². The first kappa shape index (κ1) is 20.1. The number of carbonyl (C=O) groups excluding carboxylic acids is 1. The lowest BCUT2D eigenvalue weighted by Crippen LogP contribution is -2.27. The monoisotopic (exact) mass is 423 g/mol. The number of hydrogen-bond acceptors (Lipinski definition) is 5. The second kappa shape index (κ2) is 7.59. The van der Waals surface area contributed by atoms with E-state index in [1.54, 1.807) is 32.4 Å². The number of halogens is 1. The van der Waals surface area contributed by atoms with Gasteiger partial charge >= 0.3 is 0 Å². The van der Waals surface area contributed by atoms with Crippen molar-refractivity contribution in [3.63, 3.8) is 0 Å².